The number of nitrogens with one attached hydrogen (secondary N) is 2. The van der Waals surface area contributed by atoms with E-state index in [1.807, 2.05) is 7.05 Å². The number of aliphatic imine (C=N–C) groups is 1. The van der Waals surface area contributed by atoms with Crippen molar-refractivity contribution in [3.05, 3.63) is 34.3 Å². The fraction of sp³-hybridized carbons (Fsp3) is 0.500. The van der Waals surface area contributed by atoms with E-state index in [1.54, 1.807) is 0 Å². The Labute approximate surface area is 117 Å². The third-order valence-corrected chi connectivity index (χ3v) is 3.59. The Kier molecular flexibility index (Phi) is 4.27. The second-order valence-electron chi connectivity index (χ2n) is 5.02. The Morgan fingerprint density at radius 1 is 1.33 bits per heavy atom. The highest BCUT2D eigenvalue weighted by molar-refractivity contribution is 9.10. The number of halogens is 1. The van der Waals surface area contributed by atoms with E-state index in [0.717, 1.165) is 10.4 Å². The molecule has 2 rings (SSSR count). The molecule has 18 heavy (non-hydrogen) atoms. The van der Waals surface area contributed by atoms with Gasteiger partial charge in [-0.2, -0.15) is 0 Å². The third kappa shape index (κ3) is 3.48. The smallest absolute Gasteiger partial charge is 0.191 e. The molecule has 1 aromatic rings. The third-order valence-electron chi connectivity index (χ3n) is 3.06. The summed E-state index contributed by atoms with van der Waals surface area (Å²) in [5.41, 5.74) is 1.40. The first-order valence-corrected chi connectivity index (χ1v) is 7.14. The van der Waals surface area contributed by atoms with E-state index in [0.29, 0.717) is 18.0 Å². The van der Waals surface area contributed by atoms with Crippen molar-refractivity contribution < 1.29 is 0 Å². The topological polar surface area (TPSA) is 36.4 Å². The van der Waals surface area contributed by atoms with Crippen molar-refractivity contribution in [3.8, 4) is 0 Å². The zero-order valence-electron chi connectivity index (χ0n) is 11.1. The van der Waals surface area contributed by atoms with Gasteiger partial charge in [-0.3, -0.25) is 4.99 Å². The summed E-state index contributed by atoms with van der Waals surface area (Å²) in [4.78, 5) is 4.24. The Morgan fingerprint density at radius 3 is 2.56 bits per heavy atom. The van der Waals surface area contributed by atoms with Gasteiger partial charge in [-0.05, 0) is 38.0 Å². The van der Waals surface area contributed by atoms with Gasteiger partial charge in [0, 0.05) is 29.5 Å². The maximum atomic E-state index is 4.24. The second kappa shape index (κ2) is 5.74. The van der Waals surface area contributed by atoms with Crippen LogP contribution in [0.1, 0.15) is 31.7 Å². The molecule has 0 aliphatic heterocycles. The molecule has 1 aromatic carbocycles. The van der Waals surface area contributed by atoms with Crippen LogP contribution in [0.4, 0.5) is 0 Å². The summed E-state index contributed by atoms with van der Waals surface area (Å²) in [5.74, 6) is 1.51. The molecule has 4 heteroatoms. The number of benzene rings is 1. The van der Waals surface area contributed by atoms with E-state index < -0.39 is 0 Å². The van der Waals surface area contributed by atoms with Gasteiger partial charge in [0.2, 0.25) is 0 Å². The first kappa shape index (κ1) is 13.4. The van der Waals surface area contributed by atoms with Gasteiger partial charge in [0.25, 0.3) is 0 Å². The SMILES string of the molecule is CN=C(NC(C)C)NC1CC1c1ccc(Br)cc1. The molecule has 1 fully saturated rings. The van der Waals surface area contributed by atoms with Gasteiger partial charge in [0.1, 0.15) is 0 Å². The monoisotopic (exact) mass is 309 g/mol. The minimum atomic E-state index is 0.404. The fourth-order valence-corrected chi connectivity index (χ4v) is 2.32. The highest BCUT2D eigenvalue weighted by Gasteiger charge is 2.38. The predicted octanol–water partition coefficient (Wildman–Crippen LogP) is 2.88. The standard InChI is InChI=1S/C14H20BrN3/c1-9(2)17-14(16-3)18-13-8-12(13)10-4-6-11(15)7-5-10/h4-7,9,12-13H,8H2,1-3H3,(H2,16,17,18). The summed E-state index contributed by atoms with van der Waals surface area (Å²) in [5, 5.41) is 6.78. The van der Waals surface area contributed by atoms with Crippen molar-refractivity contribution in [2.45, 2.75) is 38.3 Å². The lowest BCUT2D eigenvalue weighted by Crippen LogP contribution is -2.42. The zero-order valence-corrected chi connectivity index (χ0v) is 12.7. The Morgan fingerprint density at radius 2 is 2.00 bits per heavy atom. The minimum Gasteiger partial charge on any atom is -0.354 e. The molecule has 1 saturated carbocycles. The van der Waals surface area contributed by atoms with Crippen LogP contribution in [0.3, 0.4) is 0 Å². The average molecular weight is 310 g/mol. The van der Waals surface area contributed by atoms with Crippen LogP contribution < -0.4 is 10.6 Å². The van der Waals surface area contributed by atoms with Crippen LogP contribution in [0.15, 0.2) is 33.7 Å². The van der Waals surface area contributed by atoms with E-state index in [1.165, 1.54) is 12.0 Å². The Hall–Kier alpha value is -1.03. The van der Waals surface area contributed by atoms with E-state index in [-0.39, 0.29) is 0 Å². The molecule has 2 unspecified atom stereocenters. The van der Waals surface area contributed by atoms with Gasteiger partial charge < -0.3 is 10.6 Å². The zero-order chi connectivity index (χ0) is 13.1. The van der Waals surface area contributed by atoms with Crippen molar-refractivity contribution in [2.24, 2.45) is 4.99 Å². The molecule has 0 radical (unpaired) electrons. The number of hydrogen-bond donors (Lipinski definition) is 2. The molecule has 0 spiro atoms. The first-order chi connectivity index (χ1) is 8.60. The molecule has 1 aliphatic rings. The van der Waals surface area contributed by atoms with Crippen LogP contribution in [0.25, 0.3) is 0 Å². The maximum absolute atomic E-state index is 4.24. The summed E-state index contributed by atoms with van der Waals surface area (Å²) < 4.78 is 1.13. The van der Waals surface area contributed by atoms with Gasteiger partial charge in [0.05, 0.1) is 0 Å². The highest BCUT2D eigenvalue weighted by atomic mass is 79.9. The van der Waals surface area contributed by atoms with Crippen molar-refractivity contribution in [2.75, 3.05) is 7.05 Å². The van der Waals surface area contributed by atoms with Crippen molar-refractivity contribution in [1.29, 1.82) is 0 Å². The quantitative estimate of drug-likeness (QED) is 0.665. The molecular formula is C14H20BrN3. The molecule has 0 aromatic heterocycles. The largest absolute Gasteiger partial charge is 0.354 e. The van der Waals surface area contributed by atoms with Gasteiger partial charge in [-0.15, -0.1) is 0 Å². The summed E-state index contributed by atoms with van der Waals surface area (Å²) in [6, 6.07) is 9.50. The summed E-state index contributed by atoms with van der Waals surface area (Å²) >= 11 is 3.46. The second-order valence-corrected chi connectivity index (χ2v) is 5.93. The van der Waals surface area contributed by atoms with E-state index >= 15 is 0 Å². The number of hydrogen-bond acceptors (Lipinski definition) is 1. The highest BCUT2D eigenvalue weighted by Crippen LogP contribution is 2.40. The van der Waals surface area contributed by atoms with Crippen LogP contribution in [-0.2, 0) is 0 Å². The van der Waals surface area contributed by atoms with Crippen molar-refractivity contribution in [1.82, 2.24) is 10.6 Å². The molecule has 1 aliphatic carbocycles. The molecule has 0 bridgehead atoms. The molecule has 0 heterocycles. The average Bonchev–Trinajstić information content (AvgIpc) is 3.08. The lowest BCUT2D eigenvalue weighted by Gasteiger charge is -2.14. The first-order valence-electron chi connectivity index (χ1n) is 6.35. The van der Waals surface area contributed by atoms with Gasteiger partial charge >= 0.3 is 0 Å². The molecule has 98 valence electrons. The van der Waals surface area contributed by atoms with Gasteiger partial charge in [-0.1, -0.05) is 28.1 Å². The molecule has 0 saturated heterocycles. The normalized spacial score (nSPS) is 23.1. The molecule has 0 amide bonds. The summed E-state index contributed by atoms with van der Waals surface area (Å²) in [6.45, 7) is 4.23. The number of rotatable bonds is 3. The van der Waals surface area contributed by atoms with Crippen LogP contribution in [-0.4, -0.2) is 25.1 Å². The van der Waals surface area contributed by atoms with Crippen molar-refractivity contribution >= 4 is 21.9 Å². The fourth-order valence-electron chi connectivity index (χ4n) is 2.05. The summed E-state index contributed by atoms with van der Waals surface area (Å²) in [6.07, 6.45) is 1.18. The predicted molar refractivity (Wildman–Crippen MR) is 80.1 cm³/mol. The van der Waals surface area contributed by atoms with E-state index in [2.05, 4.69) is 69.7 Å². The van der Waals surface area contributed by atoms with Crippen LogP contribution >= 0.6 is 15.9 Å². The maximum Gasteiger partial charge on any atom is 0.191 e. The van der Waals surface area contributed by atoms with Crippen LogP contribution in [0.2, 0.25) is 0 Å². The minimum absolute atomic E-state index is 0.404. The van der Waals surface area contributed by atoms with Crippen LogP contribution in [0, 0.1) is 0 Å². The Balaban J connectivity index is 1.89. The van der Waals surface area contributed by atoms with Crippen molar-refractivity contribution in [3.63, 3.8) is 0 Å². The number of nitrogens with zero attached hydrogens (tertiary/aromatic N) is 1. The molecule has 2 atom stereocenters. The van der Waals surface area contributed by atoms with Gasteiger partial charge in [-0.25, -0.2) is 0 Å². The Bertz CT molecular complexity index is 425. The van der Waals surface area contributed by atoms with Crippen LogP contribution in [0.5, 0.6) is 0 Å². The molecular weight excluding hydrogens is 290 g/mol. The lowest BCUT2D eigenvalue weighted by molar-refractivity contribution is 0.695. The molecule has 3 nitrogen and oxygen atoms in total. The number of guanidine groups is 1. The van der Waals surface area contributed by atoms with E-state index in [9.17, 15) is 0 Å². The van der Waals surface area contributed by atoms with E-state index in [4.69, 9.17) is 0 Å². The lowest BCUT2D eigenvalue weighted by atomic mass is 10.1. The summed E-state index contributed by atoms with van der Waals surface area (Å²) in [7, 11) is 1.81. The molecule has 2 N–H and O–H groups in total. The van der Waals surface area contributed by atoms with Gasteiger partial charge in [0.15, 0.2) is 5.96 Å².